The zero-order valence-electron chi connectivity index (χ0n) is 12.2. The van der Waals surface area contributed by atoms with Gasteiger partial charge in [-0.1, -0.05) is 13.3 Å². The number of aromatic nitrogens is 3. The van der Waals surface area contributed by atoms with E-state index < -0.39 is 0 Å². The standard InChI is InChI=1S/C15H22N4O/c1-3-18-8-5-4-6-12(18)10-14-16-15-11-13(20-2)7-9-19(15)17-14/h7,9,11-12H,3-6,8,10H2,1-2H3. The molecule has 20 heavy (non-hydrogen) atoms. The lowest BCUT2D eigenvalue weighted by Crippen LogP contribution is -2.40. The Bertz CT molecular complexity index is 580. The largest absolute Gasteiger partial charge is 0.497 e. The zero-order valence-corrected chi connectivity index (χ0v) is 12.2. The van der Waals surface area contributed by atoms with Crippen molar-refractivity contribution >= 4 is 5.65 Å². The summed E-state index contributed by atoms with van der Waals surface area (Å²) in [5.41, 5.74) is 0.859. The van der Waals surface area contributed by atoms with Crippen molar-refractivity contribution in [2.24, 2.45) is 0 Å². The van der Waals surface area contributed by atoms with Crippen molar-refractivity contribution in [2.75, 3.05) is 20.2 Å². The molecule has 3 heterocycles. The number of fused-ring (bicyclic) bond motifs is 1. The van der Waals surface area contributed by atoms with Crippen molar-refractivity contribution in [1.29, 1.82) is 0 Å². The number of likely N-dealkylation sites (tertiary alicyclic amines) is 1. The Hall–Kier alpha value is -1.62. The highest BCUT2D eigenvalue weighted by molar-refractivity contribution is 5.43. The van der Waals surface area contributed by atoms with E-state index >= 15 is 0 Å². The highest BCUT2D eigenvalue weighted by Crippen LogP contribution is 2.20. The second-order valence-electron chi connectivity index (χ2n) is 5.38. The number of rotatable bonds is 4. The molecule has 1 aliphatic rings. The summed E-state index contributed by atoms with van der Waals surface area (Å²) in [5, 5.41) is 4.57. The average molecular weight is 274 g/mol. The van der Waals surface area contributed by atoms with Crippen LogP contribution in [-0.4, -0.2) is 45.7 Å². The quantitative estimate of drug-likeness (QED) is 0.857. The molecule has 0 aliphatic carbocycles. The molecule has 1 aliphatic heterocycles. The Kier molecular flexibility index (Phi) is 3.87. The molecule has 0 spiro atoms. The van der Waals surface area contributed by atoms with Crippen LogP contribution in [0.4, 0.5) is 0 Å². The van der Waals surface area contributed by atoms with Crippen LogP contribution in [0.1, 0.15) is 32.0 Å². The molecule has 0 amide bonds. The molecule has 1 saturated heterocycles. The first kappa shape index (κ1) is 13.4. The maximum atomic E-state index is 5.23. The van der Waals surface area contributed by atoms with Gasteiger partial charge in [0.2, 0.25) is 0 Å². The fourth-order valence-corrected chi connectivity index (χ4v) is 3.04. The van der Waals surface area contributed by atoms with Crippen LogP contribution in [0.2, 0.25) is 0 Å². The number of pyridine rings is 1. The Morgan fingerprint density at radius 1 is 1.40 bits per heavy atom. The Labute approximate surface area is 119 Å². The third-order valence-electron chi connectivity index (χ3n) is 4.16. The fourth-order valence-electron chi connectivity index (χ4n) is 3.04. The van der Waals surface area contributed by atoms with Gasteiger partial charge in [-0.2, -0.15) is 5.10 Å². The molecule has 0 aromatic carbocycles. The molecule has 0 radical (unpaired) electrons. The minimum atomic E-state index is 0.591. The number of piperidine rings is 1. The molecule has 3 rings (SSSR count). The van der Waals surface area contributed by atoms with Gasteiger partial charge in [-0.25, -0.2) is 9.50 Å². The Morgan fingerprint density at radius 2 is 2.30 bits per heavy atom. The molecular weight excluding hydrogens is 252 g/mol. The predicted molar refractivity (Wildman–Crippen MR) is 78.1 cm³/mol. The molecule has 0 bridgehead atoms. The van der Waals surface area contributed by atoms with Crippen LogP contribution in [0.5, 0.6) is 5.75 Å². The summed E-state index contributed by atoms with van der Waals surface area (Å²) in [4.78, 5) is 7.18. The SMILES string of the molecule is CCN1CCCCC1Cc1nc2cc(OC)ccn2n1. The maximum absolute atomic E-state index is 5.23. The number of likely N-dealkylation sites (N-methyl/N-ethyl adjacent to an activating group) is 1. The van der Waals surface area contributed by atoms with E-state index in [4.69, 9.17) is 4.74 Å². The van der Waals surface area contributed by atoms with E-state index in [1.165, 1.54) is 25.8 Å². The minimum absolute atomic E-state index is 0.591. The van der Waals surface area contributed by atoms with Crippen LogP contribution >= 0.6 is 0 Å². The number of methoxy groups -OCH3 is 1. The highest BCUT2D eigenvalue weighted by atomic mass is 16.5. The monoisotopic (exact) mass is 274 g/mol. The van der Waals surface area contributed by atoms with Crippen molar-refractivity contribution in [1.82, 2.24) is 19.5 Å². The van der Waals surface area contributed by atoms with Crippen LogP contribution in [0.15, 0.2) is 18.3 Å². The first-order chi connectivity index (χ1) is 9.80. The van der Waals surface area contributed by atoms with Crippen molar-refractivity contribution in [3.05, 3.63) is 24.2 Å². The van der Waals surface area contributed by atoms with E-state index in [1.54, 1.807) is 7.11 Å². The summed E-state index contributed by atoms with van der Waals surface area (Å²) in [5.74, 6) is 1.76. The molecule has 0 N–H and O–H groups in total. The van der Waals surface area contributed by atoms with E-state index in [2.05, 4.69) is 21.9 Å². The molecule has 1 atom stereocenters. The van der Waals surface area contributed by atoms with Crippen LogP contribution in [0.3, 0.4) is 0 Å². The second kappa shape index (κ2) is 5.79. The smallest absolute Gasteiger partial charge is 0.159 e. The normalized spacial score (nSPS) is 20.4. The lowest BCUT2D eigenvalue weighted by Gasteiger charge is -2.34. The zero-order chi connectivity index (χ0) is 13.9. The number of ether oxygens (including phenoxy) is 1. The van der Waals surface area contributed by atoms with Gasteiger partial charge < -0.3 is 9.64 Å². The summed E-state index contributed by atoms with van der Waals surface area (Å²) in [7, 11) is 1.67. The second-order valence-corrected chi connectivity index (χ2v) is 5.38. The lowest BCUT2D eigenvalue weighted by molar-refractivity contribution is 0.154. The van der Waals surface area contributed by atoms with Gasteiger partial charge in [0, 0.05) is 24.7 Å². The van der Waals surface area contributed by atoms with Crippen LogP contribution < -0.4 is 4.74 Å². The van der Waals surface area contributed by atoms with Gasteiger partial charge in [-0.3, -0.25) is 0 Å². The summed E-state index contributed by atoms with van der Waals surface area (Å²) >= 11 is 0. The molecule has 1 fully saturated rings. The average Bonchev–Trinajstić information content (AvgIpc) is 2.89. The Balaban J connectivity index is 1.79. The molecular formula is C15H22N4O. The van der Waals surface area contributed by atoms with Crippen LogP contribution in [-0.2, 0) is 6.42 Å². The molecule has 108 valence electrons. The van der Waals surface area contributed by atoms with E-state index in [0.717, 1.165) is 30.2 Å². The molecule has 5 nitrogen and oxygen atoms in total. The number of hydrogen-bond acceptors (Lipinski definition) is 4. The first-order valence-electron chi connectivity index (χ1n) is 7.43. The van der Waals surface area contributed by atoms with Crippen LogP contribution in [0, 0.1) is 0 Å². The van der Waals surface area contributed by atoms with Crippen molar-refractivity contribution in [2.45, 2.75) is 38.6 Å². The lowest BCUT2D eigenvalue weighted by atomic mass is 9.99. The van der Waals surface area contributed by atoms with Gasteiger partial charge in [-0.05, 0) is 32.0 Å². The molecule has 2 aromatic heterocycles. The molecule has 0 saturated carbocycles. The van der Waals surface area contributed by atoms with Crippen molar-refractivity contribution in [3.8, 4) is 5.75 Å². The van der Waals surface area contributed by atoms with Crippen molar-refractivity contribution < 1.29 is 4.74 Å². The highest BCUT2D eigenvalue weighted by Gasteiger charge is 2.22. The van der Waals surface area contributed by atoms with Gasteiger partial charge in [0.25, 0.3) is 0 Å². The van der Waals surface area contributed by atoms with Gasteiger partial charge in [0.05, 0.1) is 7.11 Å². The summed E-state index contributed by atoms with van der Waals surface area (Å²) in [6.45, 7) is 4.56. The fraction of sp³-hybridized carbons (Fsp3) is 0.600. The van der Waals surface area contributed by atoms with Crippen LogP contribution in [0.25, 0.3) is 5.65 Å². The third kappa shape index (κ3) is 2.63. The summed E-state index contributed by atoms with van der Waals surface area (Å²) < 4.78 is 7.06. The molecule has 5 heteroatoms. The summed E-state index contributed by atoms with van der Waals surface area (Å²) in [6.07, 6.45) is 6.75. The van der Waals surface area contributed by atoms with E-state index in [9.17, 15) is 0 Å². The number of nitrogens with zero attached hydrogens (tertiary/aromatic N) is 4. The minimum Gasteiger partial charge on any atom is -0.497 e. The van der Waals surface area contributed by atoms with Gasteiger partial charge in [0.15, 0.2) is 11.5 Å². The Morgan fingerprint density at radius 3 is 3.10 bits per heavy atom. The van der Waals surface area contributed by atoms with Gasteiger partial charge >= 0.3 is 0 Å². The first-order valence-corrected chi connectivity index (χ1v) is 7.43. The third-order valence-corrected chi connectivity index (χ3v) is 4.16. The van der Waals surface area contributed by atoms with Gasteiger partial charge in [0.1, 0.15) is 5.75 Å². The van der Waals surface area contributed by atoms with E-state index in [-0.39, 0.29) is 0 Å². The van der Waals surface area contributed by atoms with Crippen molar-refractivity contribution in [3.63, 3.8) is 0 Å². The van der Waals surface area contributed by atoms with E-state index in [1.807, 2.05) is 22.8 Å². The predicted octanol–water partition coefficient (Wildman–Crippen LogP) is 2.15. The maximum Gasteiger partial charge on any atom is 0.159 e. The molecule has 1 unspecified atom stereocenters. The van der Waals surface area contributed by atoms with E-state index in [0.29, 0.717) is 6.04 Å². The van der Waals surface area contributed by atoms with Gasteiger partial charge in [-0.15, -0.1) is 0 Å². The topological polar surface area (TPSA) is 42.7 Å². The summed E-state index contributed by atoms with van der Waals surface area (Å²) in [6, 6.07) is 4.42. The molecule has 2 aromatic rings. The number of hydrogen-bond donors (Lipinski definition) is 0.